The third-order valence-electron chi connectivity index (χ3n) is 4.00. The van der Waals surface area contributed by atoms with Crippen LogP contribution in [0.1, 0.15) is 24.3 Å². The number of benzene rings is 1. The average molecular weight is 364 g/mol. The van der Waals surface area contributed by atoms with Crippen LogP contribution in [0.2, 0.25) is 0 Å². The maximum Gasteiger partial charge on any atom is 0.276 e. The smallest absolute Gasteiger partial charge is 0.276 e. The summed E-state index contributed by atoms with van der Waals surface area (Å²) >= 11 is 0. The van der Waals surface area contributed by atoms with Crippen molar-refractivity contribution in [3.8, 4) is 11.3 Å². The lowest BCUT2D eigenvalue weighted by Gasteiger charge is -2.34. The standard InChI is InChI=1S/C17H20N2O5S/c1-11-9-19(10-12(2)23-11)17(20)15-8-16(24-18-15)13-4-6-14(7-5-13)25(3,21)22/h4-8,11-12H,9-10H2,1-3H3. The van der Waals surface area contributed by atoms with Gasteiger partial charge in [0.2, 0.25) is 0 Å². The topological polar surface area (TPSA) is 89.7 Å². The Morgan fingerprint density at radius 2 is 1.76 bits per heavy atom. The molecular formula is C17H20N2O5S. The normalized spacial score (nSPS) is 21.3. The largest absolute Gasteiger partial charge is 0.372 e. The fourth-order valence-corrected chi connectivity index (χ4v) is 3.51. The summed E-state index contributed by atoms with van der Waals surface area (Å²) < 4.78 is 33.9. The molecule has 2 aromatic rings. The number of carbonyl (C=O) groups excluding carboxylic acids is 1. The number of aromatic nitrogens is 1. The maximum absolute atomic E-state index is 12.6. The number of morpholine rings is 1. The summed E-state index contributed by atoms with van der Waals surface area (Å²) in [5, 5.41) is 3.86. The molecule has 1 amide bonds. The first-order valence-corrected chi connectivity index (χ1v) is 9.85. The van der Waals surface area contributed by atoms with Crippen LogP contribution in [-0.4, -0.2) is 55.9 Å². The van der Waals surface area contributed by atoms with Crippen LogP contribution in [0.15, 0.2) is 39.8 Å². The van der Waals surface area contributed by atoms with Crippen molar-refractivity contribution >= 4 is 15.7 Å². The Labute approximate surface area is 146 Å². The van der Waals surface area contributed by atoms with Gasteiger partial charge in [0.05, 0.1) is 17.1 Å². The van der Waals surface area contributed by atoms with E-state index >= 15 is 0 Å². The molecule has 1 fully saturated rings. The Bertz CT molecular complexity index is 863. The summed E-state index contributed by atoms with van der Waals surface area (Å²) in [4.78, 5) is 14.5. The van der Waals surface area contributed by atoms with Crippen LogP contribution in [0.4, 0.5) is 0 Å². The van der Waals surface area contributed by atoms with Gasteiger partial charge in [-0.2, -0.15) is 0 Å². The molecule has 2 heterocycles. The number of nitrogens with zero attached hydrogens (tertiary/aromatic N) is 2. The Morgan fingerprint density at radius 3 is 2.32 bits per heavy atom. The van der Waals surface area contributed by atoms with Crippen molar-refractivity contribution in [1.29, 1.82) is 0 Å². The quantitative estimate of drug-likeness (QED) is 0.827. The Kier molecular flexibility index (Phi) is 4.66. The summed E-state index contributed by atoms with van der Waals surface area (Å²) in [6, 6.07) is 7.83. The SMILES string of the molecule is CC1CN(C(=O)c2cc(-c3ccc(S(C)(=O)=O)cc3)on2)CC(C)O1. The highest BCUT2D eigenvalue weighted by molar-refractivity contribution is 7.90. The molecule has 0 bridgehead atoms. The van der Waals surface area contributed by atoms with Crippen LogP contribution < -0.4 is 0 Å². The van der Waals surface area contributed by atoms with E-state index in [2.05, 4.69) is 5.16 Å². The lowest BCUT2D eigenvalue weighted by Crippen LogP contribution is -2.48. The molecular weight excluding hydrogens is 344 g/mol. The molecule has 0 spiro atoms. The van der Waals surface area contributed by atoms with Crippen LogP contribution in [0, 0.1) is 0 Å². The Hall–Kier alpha value is -2.19. The maximum atomic E-state index is 12.6. The minimum Gasteiger partial charge on any atom is -0.372 e. The van der Waals surface area contributed by atoms with Gasteiger partial charge in [0, 0.05) is 31.0 Å². The molecule has 3 rings (SSSR count). The summed E-state index contributed by atoms with van der Waals surface area (Å²) in [6.07, 6.45) is 1.10. The molecule has 1 aliphatic heterocycles. The van der Waals surface area contributed by atoms with Gasteiger partial charge >= 0.3 is 0 Å². The van der Waals surface area contributed by atoms with Crippen molar-refractivity contribution in [3.05, 3.63) is 36.0 Å². The molecule has 1 saturated heterocycles. The number of amides is 1. The second kappa shape index (κ2) is 6.61. The van der Waals surface area contributed by atoms with Crippen molar-refractivity contribution in [2.75, 3.05) is 19.3 Å². The van der Waals surface area contributed by atoms with Crippen molar-refractivity contribution < 1.29 is 22.5 Å². The lowest BCUT2D eigenvalue weighted by atomic mass is 10.1. The zero-order chi connectivity index (χ0) is 18.2. The van der Waals surface area contributed by atoms with E-state index in [-0.39, 0.29) is 28.7 Å². The van der Waals surface area contributed by atoms with E-state index in [0.29, 0.717) is 24.4 Å². The predicted molar refractivity (Wildman–Crippen MR) is 91.0 cm³/mol. The van der Waals surface area contributed by atoms with E-state index in [4.69, 9.17) is 9.26 Å². The van der Waals surface area contributed by atoms with E-state index in [1.54, 1.807) is 23.1 Å². The molecule has 2 atom stereocenters. The van der Waals surface area contributed by atoms with Crippen LogP contribution in [-0.2, 0) is 14.6 Å². The van der Waals surface area contributed by atoms with Crippen LogP contribution in [0.3, 0.4) is 0 Å². The molecule has 7 nitrogen and oxygen atoms in total. The number of hydrogen-bond acceptors (Lipinski definition) is 6. The Morgan fingerprint density at radius 1 is 1.16 bits per heavy atom. The van der Waals surface area contributed by atoms with Crippen molar-refractivity contribution in [2.45, 2.75) is 31.0 Å². The van der Waals surface area contributed by atoms with Gasteiger partial charge in [-0.05, 0) is 38.1 Å². The van der Waals surface area contributed by atoms with E-state index in [9.17, 15) is 13.2 Å². The number of sulfone groups is 1. The van der Waals surface area contributed by atoms with Crippen LogP contribution in [0.5, 0.6) is 0 Å². The Balaban J connectivity index is 1.79. The molecule has 2 unspecified atom stereocenters. The van der Waals surface area contributed by atoms with Gasteiger partial charge in [0.1, 0.15) is 0 Å². The highest BCUT2D eigenvalue weighted by atomic mass is 32.2. The average Bonchev–Trinajstić information content (AvgIpc) is 3.02. The monoisotopic (exact) mass is 364 g/mol. The first-order valence-electron chi connectivity index (χ1n) is 7.96. The third kappa shape index (κ3) is 3.91. The molecule has 1 aliphatic rings. The van der Waals surface area contributed by atoms with Gasteiger partial charge in [-0.15, -0.1) is 0 Å². The molecule has 134 valence electrons. The van der Waals surface area contributed by atoms with Gasteiger partial charge in [0.15, 0.2) is 21.3 Å². The van der Waals surface area contributed by atoms with Gasteiger partial charge in [0.25, 0.3) is 5.91 Å². The fraction of sp³-hybridized carbons (Fsp3) is 0.412. The summed E-state index contributed by atoms with van der Waals surface area (Å²) in [5.74, 6) is 0.211. The highest BCUT2D eigenvalue weighted by Crippen LogP contribution is 2.23. The first-order chi connectivity index (χ1) is 11.7. The summed E-state index contributed by atoms with van der Waals surface area (Å²) in [5.41, 5.74) is 0.881. The lowest BCUT2D eigenvalue weighted by molar-refractivity contribution is -0.0588. The van der Waals surface area contributed by atoms with Crippen LogP contribution >= 0.6 is 0 Å². The van der Waals surface area contributed by atoms with Crippen molar-refractivity contribution in [1.82, 2.24) is 10.1 Å². The minimum atomic E-state index is -3.25. The van der Waals surface area contributed by atoms with Gasteiger partial charge in [-0.3, -0.25) is 4.79 Å². The molecule has 1 aromatic heterocycles. The minimum absolute atomic E-state index is 0.0254. The van der Waals surface area contributed by atoms with Gasteiger partial charge in [-0.1, -0.05) is 5.16 Å². The zero-order valence-electron chi connectivity index (χ0n) is 14.3. The first kappa shape index (κ1) is 17.6. The molecule has 0 saturated carbocycles. The summed E-state index contributed by atoms with van der Waals surface area (Å²) in [6.45, 7) is 4.86. The van der Waals surface area contributed by atoms with E-state index in [0.717, 1.165) is 6.26 Å². The summed E-state index contributed by atoms with van der Waals surface area (Å²) in [7, 11) is -3.25. The molecule has 0 radical (unpaired) electrons. The van der Waals surface area contributed by atoms with E-state index < -0.39 is 9.84 Å². The van der Waals surface area contributed by atoms with Crippen LogP contribution in [0.25, 0.3) is 11.3 Å². The number of ether oxygens (including phenoxy) is 1. The fourth-order valence-electron chi connectivity index (χ4n) is 2.88. The molecule has 8 heteroatoms. The van der Waals surface area contributed by atoms with Crippen molar-refractivity contribution in [2.24, 2.45) is 0 Å². The van der Waals surface area contributed by atoms with Gasteiger partial charge in [-0.25, -0.2) is 8.42 Å². The van der Waals surface area contributed by atoms with Gasteiger partial charge < -0.3 is 14.2 Å². The zero-order valence-corrected chi connectivity index (χ0v) is 15.1. The highest BCUT2D eigenvalue weighted by Gasteiger charge is 2.28. The molecule has 1 aromatic carbocycles. The molecule has 25 heavy (non-hydrogen) atoms. The predicted octanol–water partition coefficient (Wildman–Crippen LogP) is 1.99. The van der Waals surface area contributed by atoms with E-state index in [1.807, 2.05) is 13.8 Å². The number of rotatable bonds is 3. The van der Waals surface area contributed by atoms with E-state index in [1.165, 1.54) is 12.1 Å². The molecule has 0 N–H and O–H groups in total. The third-order valence-corrected chi connectivity index (χ3v) is 5.13. The second-order valence-electron chi connectivity index (χ2n) is 6.34. The second-order valence-corrected chi connectivity index (χ2v) is 8.36. The number of carbonyl (C=O) groups is 1. The van der Waals surface area contributed by atoms with Crippen molar-refractivity contribution in [3.63, 3.8) is 0 Å². The molecule has 0 aliphatic carbocycles. The number of hydrogen-bond donors (Lipinski definition) is 0.